The average Bonchev–Trinajstić information content (AvgIpc) is 3.29. The van der Waals surface area contributed by atoms with Gasteiger partial charge in [-0.05, 0) is 79.3 Å². The van der Waals surface area contributed by atoms with Gasteiger partial charge in [-0.3, -0.25) is 4.79 Å². The van der Waals surface area contributed by atoms with E-state index in [1.54, 1.807) is 24.3 Å². The molecule has 0 saturated heterocycles. The molecular weight excluding hydrogens is 486 g/mol. The number of thioether (sulfide) groups is 1. The van der Waals surface area contributed by atoms with Gasteiger partial charge in [-0.15, -0.1) is 5.10 Å². The first-order valence-corrected chi connectivity index (χ1v) is 12.1. The van der Waals surface area contributed by atoms with Crippen molar-refractivity contribution in [1.82, 2.24) is 15.6 Å². The zero-order chi connectivity index (χ0) is 24.6. The quantitative estimate of drug-likeness (QED) is 0.135. The molecule has 0 atom stereocenters. The average molecular weight is 509 g/mol. The summed E-state index contributed by atoms with van der Waals surface area (Å²) in [5.74, 6) is 1.37. The lowest BCUT2D eigenvalue weighted by Crippen LogP contribution is -2.34. The van der Waals surface area contributed by atoms with Gasteiger partial charge >= 0.3 is 5.16 Å². The van der Waals surface area contributed by atoms with E-state index in [0.29, 0.717) is 22.3 Å². The smallest absolute Gasteiger partial charge is 0.342 e. The van der Waals surface area contributed by atoms with Gasteiger partial charge in [0.15, 0.2) is 0 Å². The Kier molecular flexibility index (Phi) is 8.02. The monoisotopic (exact) mass is 508 g/mol. The Morgan fingerprint density at radius 2 is 1.91 bits per heavy atom. The summed E-state index contributed by atoms with van der Waals surface area (Å²) in [5, 5.41) is 22.5. The number of nitrogens with one attached hydrogen (secondary N) is 2. The van der Waals surface area contributed by atoms with Crippen molar-refractivity contribution in [2.24, 2.45) is 5.10 Å². The second-order valence-electron chi connectivity index (χ2n) is 7.26. The number of phenolic OH excluding ortho intramolecular Hbond substituents is 1. The van der Waals surface area contributed by atoms with Gasteiger partial charge in [0.2, 0.25) is 0 Å². The maximum atomic E-state index is 12.4. The van der Waals surface area contributed by atoms with E-state index < -0.39 is 0 Å². The molecule has 1 amide bonds. The Morgan fingerprint density at radius 3 is 2.63 bits per heavy atom. The zero-order valence-corrected chi connectivity index (χ0v) is 20.4. The molecular formula is C25H23ClN5O3S+. The summed E-state index contributed by atoms with van der Waals surface area (Å²) >= 11 is 7.32. The van der Waals surface area contributed by atoms with Crippen molar-refractivity contribution < 1.29 is 19.2 Å². The molecule has 178 valence electrons. The second kappa shape index (κ2) is 11.5. The van der Waals surface area contributed by atoms with Crippen LogP contribution in [-0.2, 0) is 4.79 Å². The minimum atomic E-state index is -0.309. The molecule has 4 rings (SSSR count). The summed E-state index contributed by atoms with van der Waals surface area (Å²) in [4.78, 5) is 12.4. The lowest BCUT2D eigenvalue weighted by Gasteiger charge is -2.06. The number of hydrogen-bond donors (Lipinski definition) is 3. The molecule has 0 fully saturated rings. The molecule has 0 spiro atoms. The van der Waals surface area contributed by atoms with Crippen LogP contribution in [0.25, 0.3) is 17.1 Å². The van der Waals surface area contributed by atoms with Gasteiger partial charge in [0.1, 0.15) is 17.2 Å². The van der Waals surface area contributed by atoms with Crippen LogP contribution in [0.2, 0.25) is 5.02 Å². The SMILES string of the molecule is CCOc1ccc(-[n+]2c(SCC(=O)N/N=C/c3ccccc3O)n[nH]c2-c2ccc(Cl)cc2)cc1. The predicted octanol–water partition coefficient (Wildman–Crippen LogP) is 4.35. The van der Waals surface area contributed by atoms with Crippen molar-refractivity contribution >= 4 is 35.5 Å². The van der Waals surface area contributed by atoms with E-state index in [0.717, 1.165) is 22.8 Å². The number of rotatable bonds is 9. The van der Waals surface area contributed by atoms with E-state index in [-0.39, 0.29) is 17.4 Å². The Hall–Kier alpha value is -3.82. The fourth-order valence-corrected chi connectivity index (χ4v) is 4.11. The largest absolute Gasteiger partial charge is 0.507 e. The van der Waals surface area contributed by atoms with Crippen molar-refractivity contribution in [1.29, 1.82) is 0 Å². The van der Waals surface area contributed by atoms with E-state index in [9.17, 15) is 9.90 Å². The minimum absolute atomic E-state index is 0.0834. The van der Waals surface area contributed by atoms with Crippen molar-refractivity contribution in [3.05, 3.63) is 83.4 Å². The molecule has 10 heteroatoms. The van der Waals surface area contributed by atoms with Gasteiger partial charge in [-0.25, -0.2) is 5.43 Å². The van der Waals surface area contributed by atoms with E-state index in [2.05, 4.69) is 20.7 Å². The highest BCUT2D eigenvalue weighted by atomic mass is 35.5. The first kappa shape index (κ1) is 24.3. The molecule has 0 saturated carbocycles. The fourth-order valence-electron chi connectivity index (χ4n) is 3.23. The summed E-state index contributed by atoms with van der Waals surface area (Å²) in [5.41, 5.74) is 4.72. The van der Waals surface area contributed by atoms with Crippen LogP contribution in [0.15, 0.2) is 83.1 Å². The van der Waals surface area contributed by atoms with Crippen LogP contribution in [0.4, 0.5) is 0 Å². The third-order valence-corrected chi connectivity index (χ3v) is 6.05. The number of aromatic hydroxyl groups is 1. The van der Waals surface area contributed by atoms with Crippen LogP contribution in [-0.4, -0.2) is 39.8 Å². The number of hydrazone groups is 1. The molecule has 0 unspecified atom stereocenters. The van der Waals surface area contributed by atoms with Crippen LogP contribution < -0.4 is 14.7 Å². The number of phenols is 1. The molecule has 8 nitrogen and oxygen atoms in total. The highest BCUT2D eigenvalue weighted by Crippen LogP contribution is 2.23. The molecule has 1 aromatic heterocycles. The number of ether oxygens (including phenoxy) is 1. The Bertz CT molecular complexity index is 1320. The number of nitrogens with zero attached hydrogens (tertiary/aromatic N) is 3. The zero-order valence-electron chi connectivity index (χ0n) is 18.8. The lowest BCUT2D eigenvalue weighted by molar-refractivity contribution is -0.625. The van der Waals surface area contributed by atoms with Crippen molar-refractivity contribution in [3.63, 3.8) is 0 Å². The summed E-state index contributed by atoms with van der Waals surface area (Å²) in [7, 11) is 0. The number of benzene rings is 3. The van der Waals surface area contributed by atoms with Crippen LogP contribution >= 0.6 is 23.4 Å². The van der Waals surface area contributed by atoms with Gasteiger partial charge in [-0.2, -0.15) is 9.67 Å². The fraction of sp³-hybridized carbons (Fsp3) is 0.120. The number of aromatic amines is 1. The highest BCUT2D eigenvalue weighted by molar-refractivity contribution is 7.99. The number of hydrogen-bond acceptors (Lipinski definition) is 6. The van der Waals surface area contributed by atoms with E-state index in [4.69, 9.17) is 16.3 Å². The van der Waals surface area contributed by atoms with Gasteiger partial charge < -0.3 is 9.84 Å². The third kappa shape index (κ3) is 6.20. The van der Waals surface area contributed by atoms with E-state index in [1.165, 1.54) is 18.0 Å². The number of H-pyrrole nitrogens is 1. The Balaban J connectivity index is 1.53. The molecule has 1 heterocycles. The van der Waals surface area contributed by atoms with Gasteiger partial charge in [0.05, 0.1) is 29.2 Å². The summed E-state index contributed by atoms with van der Waals surface area (Å²) in [6.07, 6.45) is 1.39. The van der Waals surface area contributed by atoms with Crippen molar-refractivity contribution in [3.8, 4) is 28.6 Å². The molecule has 4 aromatic rings. The summed E-state index contributed by atoms with van der Waals surface area (Å²) < 4.78 is 7.49. The topological polar surface area (TPSA) is 103 Å². The Labute approximate surface area is 211 Å². The Morgan fingerprint density at radius 1 is 1.17 bits per heavy atom. The van der Waals surface area contributed by atoms with Crippen LogP contribution in [0.5, 0.6) is 11.5 Å². The molecule has 0 radical (unpaired) electrons. The molecule has 35 heavy (non-hydrogen) atoms. The standard InChI is InChI=1S/C25H22ClN5O3S/c1-2-34-21-13-11-20(12-14-21)31-24(17-7-9-19(26)10-8-17)29-30-25(31)35-16-23(33)28-27-15-18-5-3-4-6-22(18)32/h3-15H,2,16H2,1H3,(H2,27,28,32,33)/p+1. The lowest BCUT2D eigenvalue weighted by atomic mass is 10.2. The van der Waals surface area contributed by atoms with Crippen molar-refractivity contribution in [2.45, 2.75) is 12.1 Å². The minimum Gasteiger partial charge on any atom is -0.507 e. The number of aromatic nitrogens is 3. The summed E-state index contributed by atoms with van der Waals surface area (Å²) in [6, 6.07) is 21.8. The van der Waals surface area contributed by atoms with Gasteiger partial charge in [-0.1, -0.05) is 23.7 Å². The van der Waals surface area contributed by atoms with Gasteiger partial charge in [0, 0.05) is 10.6 Å². The molecule has 0 aliphatic carbocycles. The highest BCUT2D eigenvalue weighted by Gasteiger charge is 2.24. The molecule has 0 aliphatic heterocycles. The number of carbonyl (C=O) groups is 1. The maximum Gasteiger partial charge on any atom is 0.342 e. The van der Waals surface area contributed by atoms with Crippen LogP contribution in [0, 0.1) is 0 Å². The third-order valence-electron chi connectivity index (χ3n) is 4.86. The van der Waals surface area contributed by atoms with Crippen LogP contribution in [0.1, 0.15) is 12.5 Å². The van der Waals surface area contributed by atoms with E-state index in [1.807, 2.05) is 60.0 Å². The summed E-state index contributed by atoms with van der Waals surface area (Å²) in [6.45, 7) is 2.51. The van der Waals surface area contributed by atoms with Crippen LogP contribution in [0.3, 0.4) is 0 Å². The second-order valence-corrected chi connectivity index (χ2v) is 8.64. The first-order chi connectivity index (χ1) is 17.0. The molecule has 3 N–H and O–H groups in total. The predicted molar refractivity (Wildman–Crippen MR) is 136 cm³/mol. The molecule has 0 aliphatic rings. The van der Waals surface area contributed by atoms with Crippen molar-refractivity contribution in [2.75, 3.05) is 12.4 Å². The number of para-hydroxylation sites is 1. The number of halogens is 1. The van der Waals surface area contributed by atoms with E-state index >= 15 is 0 Å². The number of carbonyl (C=O) groups excluding carboxylic acids is 1. The maximum absolute atomic E-state index is 12.4. The molecule has 0 bridgehead atoms. The number of amides is 1. The normalized spacial score (nSPS) is 11.0. The van der Waals surface area contributed by atoms with Gasteiger partial charge in [0.25, 0.3) is 11.7 Å². The first-order valence-electron chi connectivity index (χ1n) is 10.8. The molecule has 3 aromatic carbocycles.